The Kier molecular flexibility index (Phi) is 11.8. The molecule has 0 aliphatic rings. The van der Waals surface area contributed by atoms with Crippen LogP contribution in [-0.4, -0.2) is 85.2 Å². The molecule has 35 heavy (non-hydrogen) atoms. The molecule has 0 aliphatic heterocycles. The van der Waals surface area contributed by atoms with Gasteiger partial charge in [-0.15, -0.1) is 0 Å². The summed E-state index contributed by atoms with van der Waals surface area (Å²) in [6.45, 7) is 4.76. The van der Waals surface area contributed by atoms with Gasteiger partial charge in [-0.2, -0.15) is 0 Å². The Morgan fingerprint density at radius 1 is 1.03 bits per heavy atom. The zero-order valence-electron chi connectivity index (χ0n) is 19.9. The van der Waals surface area contributed by atoms with Crippen molar-refractivity contribution in [3.8, 4) is 0 Å². The maximum absolute atomic E-state index is 13.1. The summed E-state index contributed by atoms with van der Waals surface area (Å²) in [5.41, 5.74) is 6.16. The van der Waals surface area contributed by atoms with Gasteiger partial charge in [0.15, 0.2) is 0 Å². The first-order valence-electron chi connectivity index (χ1n) is 11.1. The minimum atomic E-state index is -1.47. The van der Waals surface area contributed by atoms with Gasteiger partial charge in [-0.05, 0) is 19.3 Å². The molecule has 6 unspecified atom stereocenters. The van der Waals surface area contributed by atoms with Crippen molar-refractivity contribution in [3.63, 3.8) is 0 Å². The third-order valence-electron chi connectivity index (χ3n) is 5.49. The number of carboxylic acid groups (broad SMARTS) is 2. The Balaban J connectivity index is 3.07. The number of aliphatic carboxylic acids is 2. The lowest BCUT2D eigenvalue weighted by Crippen LogP contribution is -2.59. The minimum Gasteiger partial charge on any atom is -0.481 e. The number of amides is 3. The van der Waals surface area contributed by atoms with Crippen LogP contribution < -0.4 is 21.7 Å². The van der Waals surface area contributed by atoms with Crippen LogP contribution in [-0.2, 0) is 30.4 Å². The molecular formula is C21H34N6O8. The third kappa shape index (κ3) is 9.70. The smallest absolute Gasteiger partial charge is 0.326 e. The predicted octanol–water partition coefficient (Wildman–Crippen LogP) is -1.89. The minimum absolute atomic E-state index is 0.0324. The molecule has 1 heterocycles. The molecule has 1 aromatic rings. The van der Waals surface area contributed by atoms with Gasteiger partial charge in [0.2, 0.25) is 17.7 Å². The zero-order chi connectivity index (χ0) is 26.7. The van der Waals surface area contributed by atoms with E-state index in [-0.39, 0.29) is 12.8 Å². The number of carboxylic acids is 2. The van der Waals surface area contributed by atoms with Crippen molar-refractivity contribution in [1.29, 1.82) is 0 Å². The summed E-state index contributed by atoms with van der Waals surface area (Å²) in [6, 6.07) is -5.14. The van der Waals surface area contributed by atoms with Crippen LogP contribution in [0.4, 0.5) is 0 Å². The number of carbonyl (C=O) groups is 5. The first-order chi connectivity index (χ1) is 16.4. The van der Waals surface area contributed by atoms with Crippen molar-refractivity contribution in [2.24, 2.45) is 11.7 Å². The second-order valence-electron chi connectivity index (χ2n) is 8.31. The van der Waals surface area contributed by atoms with E-state index >= 15 is 0 Å². The lowest BCUT2D eigenvalue weighted by molar-refractivity contribution is -0.143. The lowest BCUT2D eigenvalue weighted by Gasteiger charge is -2.28. The number of H-pyrrole nitrogens is 1. The molecule has 14 heteroatoms. The normalized spacial score (nSPS) is 16.1. The van der Waals surface area contributed by atoms with Crippen molar-refractivity contribution in [2.45, 2.75) is 76.7 Å². The summed E-state index contributed by atoms with van der Waals surface area (Å²) in [6.07, 6.45) is 1.24. The fourth-order valence-electron chi connectivity index (χ4n) is 3.05. The van der Waals surface area contributed by atoms with Gasteiger partial charge in [0.25, 0.3) is 0 Å². The van der Waals surface area contributed by atoms with Crippen LogP contribution in [0.2, 0.25) is 0 Å². The summed E-state index contributed by atoms with van der Waals surface area (Å²) < 4.78 is 0. The van der Waals surface area contributed by atoms with Gasteiger partial charge in [0.1, 0.15) is 24.2 Å². The maximum atomic E-state index is 13.1. The largest absolute Gasteiger partial charge is 0.481 e. The van der Waals surface area contributed by atoms with Crippen LogP contribution in [0, 0.1) is 5.92 Å². The van der Waals surface area contributed by atoms with Gasteiger partial charge in [0, 0.05) is 24.7 Å². The number of aliphatic hydroxyl groups is 1. The number of carbonyl (C=O) groups excluding carboxylic acids is 3. The van der Waals surface area contributed by atoms with E-state index in [0.29, 0.717) is 12.1 Å². The quantitative estimate of drug-likeness (QED) is 0.134. The number of nitrogens with one attached hydrogen (secondary N) is 4. The van der Waals surface area contributed by atoms with Gasteiger partial charge in [-0.1, -0.05) is 20.3 Å². The third-order valence-corrected chi connectivity index (χ3v) is 5.49. The lowest BCUT2D eigenvalue weighted by atomic mass is 9.96. The Bertz CT molecular complexity index is 875. The number of aromatic nitrogens is 2. The van der Waals surface area contributed by atoms with E-state index in [1.807, 2.05) is 0 Å². The van der Waals surface area contributed by atoms with E-state index in [1.54, 1.807) is 13.8 Å². The monoisotopic (exact) mass is 498 g/mol. The first kappa shape index (κ1) is 29.5. The Labute approximate surface area is 202 Å². The topological polar surface area (TPSA) is 237 Å². The highest BCUT2D eigenvalue weighted by atomic mass is 16.4. The van der Waals surface area contributed by atoms with Gasteiger partial charge >= 0.3 is 11.9 Å². The molecule has 0 fully saturated rings. The average Bonchev–Trinajstić information content (AvgIpc) is 3.30. The van der Waals surface area contributed by atoms with Crippen molar-refractivity contribution in [1.82, 2.24) is 25.9 Å². The van der Waals surface area contributed by atoms with E-state index in [2.05, 4.69) is 25.9 Å². The molecule has 1 aromatic heterocycles. The van der Waals surface area contributed by atoms with E-state index < -0.39 is 72.3 Å². The molecule has 9 N–H and O–H groups in total. The number of aromatic amines is 1. The number of imidazole rings is 1. The molecule has 0 spiro atoms. The fraction of sp³-hybridized carbons (Fsp3) is 0.619. The van der Waals surface area contributed by atoms with Crippen molar-refractivity contribution >= 4 is 29.7 Å². The number of aliphatic hydroxyl groups excluding tert-OH is 1. The van der Waals surface area contributed by atoms with Crippen LogP contribution in [0.1, 0.15) is 45.7 Å². The summed E-state index contributed by atoms with van der Waals surface area (Å²) in [7, 11) is 0. The van der Waals surface area contributed by atoms with E-state index in [0.717, 1.165) is 0 Å². The zero-order valence-corrected chi connectivity index (χ0v) is 19.9. The number of nitrogens with zero attached hydrogens (tertiary/aromatic N) is 1. The van der Waals surface area contributed by atoms with Crippen molar-refractivity contribution < 1.29 is 39.3 Å². The Morgan fingerprint density at radius 3 is 2.14 bits per heavy atom. The van der Waals surface area contributed by atoms with Gasteiger partial charge < -0.3 is 42.0 Å². The second-order valence-corrected chi connectivity index (χ2v) is 8.31. The summed E-state index contributed by atoms with van der Waals surface area (Å²) >= 11 is 0. The fourth-order valence-corrected chi connectivity index (χ4v) is 3.05. The number of nitrogens with two attached hydrogens (primary N) is 1. The molecule has 0 saturated heterocycles. The summed E-state index contributed by atoms with van der Waals surface area (Å²) in [5, 5.41) is 35.0. The SMILES string of the molecule is CCC(C)C(NC(=O)C(Cc1cnc[nH]1)NC(=O)C(N)C(C)O)C(=O)NC(CCC(=O)O)C(=O)O. The maximum Gasteiger partial charge on any atom is 0.326 e. The van der Waals surface area contributed by atoms with Crippen LogP contribution in [0.3, 0.4) is 0 Å². The molecule has 0 aliphatic carbocycles. The van der Waals surface area contributed by atoms with Crippen LogP contribution in [0.15, 0.2) is 12.5 Å². The Hall–Kier alpha value is -3.52. The summed E-state index contributed by atoms with van der Waals surface area (Å²) in [5.74, 6) is -5.41. The molecule has 0 saturated carbocycles. The highest BCUT2D eigenvalue weighted by Gasteiger charge is 2.33. The number of rotatable bonds is 15. The first-order valence-corrected chi connectivity index (χ1v) is 11.1. The molecule has 0 radical (unpaired) electrons. The van der Waals surface area contributed by atoms with Crippen LogP contribution in [0.25, 0.3) is 0 Å². The average molecular weight is 499 g/mol. The molecule has 1 rings (SSSR count). The number of hydrogen-bond acceptors (Lipinski definition) is 8. The molecule has 3 amide bonds. The van der Waals surface area contributed by atoms with E-state index in [4.69, 9.17) is 10.8 Å². The van der Waals surface area contributed by atoms with Crippen LogP contribution >= 0.6 is 0 Å². The molecule has 0 aromatic carbocycles. The molecular weight excluding hydrogens is 464 g/mol. The number of hydrogen-bond donors (Lipinski definition) is 8. The van der Waals surface area contributed by atoms with Gasteiger partial charge in [-0.3, -0.25) is 19.2 Å². The molecule has 14 nitrogen and oxygen atoms in total. The van der Waals surface area contributed by atoms with Crippen molar-refractivity contribution in [2.75, 3.05) is 0 Å². The standard InChI is InChI=1S/C21H34N6O8/c1-4-10(2)17(20(33)25-13(21(34)35)5-6-15(29)30)27-18(31)14(7-12-8-23-9-24-12)26-19(32)16(22)11(3)28/h8-11,13-14,16-17,28H,4-7,22H2,1-3H3,(H,23,24)(H,25,33)(H,26,32)(H,27,31)(H,29,30)(H,34,35). The van der Waals surface area contributed by atoms with E-state index in [1.165, 1.54) is 19.4 Å². The molecule has 6 atom stereocenters. The molecule has 196 valence electrons. The van der Waals surface area contributed by atoms with Crippen molar-refractivity contribution in [3.05, 3.63) is 18.2 Å². The Morgan fingerprint density at radius 2 is 1.66 bits per heavy atom. The van der Waals surface area contributed by atoms with Crippen LogP contribution in [0.5, 0.6) is 0 Å². The predicted molar refractivity (Wildman–Crippen MR) is 122 cm³/mol. The van der Waals surface area contributed by atoms with E-state index in [9.17, 15) is 34.2 Å². The highest BCUT2D eigenvalue weighted by molar-refractivity contribution is 5.94. The van der Waals surface area contributed by atoms with Gasteiger partial charge in [-0.25, -0.2) is 9.78 Å². The molecule has 0 bridgehead atoms. The second kappa shape index (κ2) is 14.0. The summed E-state index contributed by atoms with van der Waals surface area (Å²) in [4.78, 5) is 67.4. The van der Waals surface area contributed by atoms with Gasteiger partial charge in [0.05, 0.1) is 12.4 Å². The highest BCUT2D eigenvalue weighted by Crippen LogP contribution is 2.11.